The minimum Gasteiger partial charge on any atom is -0.507 e. The number of aryl methyl sites for hydroxylation is 1. The van der Waals surface area contributed by atoms with E-state index in [2.05, 4.69) is 15.9 Å². The Labute approximate surface area is 211 Å². The molecule has 1 atom stereocenters. The summed E-state index contributed by atoms with van der Waals surface area (Å²) in [4.78, 5) is 28.1. The molecule has 3 aromatic rings. The third-order valence-corrected chi connectivity index (χ3v) is 6.83. The lowest BCUT2D eigenvalue weighted by molar-refractivity contribution is -0.132. The van der Waals surface area contributed by atoms with E-state index in [1.807, 2.05) is 13.0 Å². The van der Waals surface area contributed by atoms with Gasteiger partial charge in [-0.25, -0.2) is 0 Å². The molecule has 8 heteroatoms. The molecule has 4 rings (SSSR count). The predicted octanol–water partition coefficient (Wildman–Crippen LogP) is 5.41. The number of hydrogen-bond donors (Lipinski definition) is 1. The van der Waals surface area contributed by atoms with Crippen LogP contribution >= 0.6 is 15.9 Å². The van der Waals surface area contributed by atoms with Crippen LogP contribution in [0.2, 0.25) is 0 Å². The number of Topliss-reactive ketones (excluding diaryl/α,β-unsaturated/α-hetero) is 1. The van der Waals surface area contributed by atoms with Crippen LogP contribution in [0.4, 0.5) is 5.69 Å². The molecule has 1 saturated heterocycles. The molecule has 1 unspecified atom stereocenters. The number of ketones is 1. The molecule has 0 bridgehead atoms. The van der Waals surface area contributed by atoms with Gasteiger partial charge in [-0.1, -0.05) is 22.0 Å². The zero-order chi connectivity index (χ0) is 25.3. The number of benzene rings is 3. The van der Waals surface area contributed by atoms with Crippen LogP contribution in [-0.2, 0) is 9.59 Å². The molecule has 0 radical (unpaired) electrons. The summed E-state index contributed by atoms with van der Waals surface area (Å²) < 4.78 is 16.9. The average Bonchev–Trinajstić information content (AvgIpc) is 3.14. The van der Waals surface area contributed by atoms with Gasteiger partial charge in [0.1, 0.15) is 23.0 Å². The number of amides is 1. The van der Waals surface area contributed by atoms with E-state index >= 15 is 0 Å². The van der Waals surface area contributed by atoms with E-state index in [1.54, 1.807) is 54.6 Å². The molecule has 35 heavy (non-hydrogen) atoms. The summed E-state index contributed by atoms with van der Waals surface area (Å²) in [7, 11) is 4.57. The largest absolute Gasteiger partial charge is 0.507 e. The molecule has 7 nitrogen and oxygen atoms in total. The first-order chi connectivity index (χ1) is 16.8. The van der Waals surface area contributed by atoms with Crippen molar-refractivity contribution in [2.75, 3.05) is 26.2 Å². The molecule has 1 aliphatic rings. The molecule has 0 aliphatic carbocycles. The molecule has 0 saturated carbocycles. The van der Waals surface area contributed by atoms with Gasteiger partial charge in [0.15, 0.2) is 0 Å². The molecular formula is C27H24BrNO6. The molecular weight excluding hydrogens is 514 g/mol. The van der Waals surface area contributed by atoms with Crippen molar-refractivity contribution >= 4 is 39.1 Å². The zero-order valence-corrected chi connectivity index (χ0v) is 21.3. The van der Waals surface area contributed by atoms with E-state index in [1.165, 1.54) is 26.2 Å². The number of hydrogen-bond acceptors (Lipinski definition) is 6. The summed E-state index contributed by atoms with van der Waals surface area (Å²) in [5, 5.41) is 11.3. The number of carbonyl (C=O) groups excluding carboxylic acids is 2. The van der Waals surface area contributed by atoms with Gasteiger partial charge < -0.3 is 19.3 Å². The van der Waals surface area contributed by atoms with Gasteiger partial charge in [0.25, 0.3) is 11.7 Å². The number of carbonyl (C=O) groups is 2. The predicted molar refractivity (Wildman–Crippen MR) is 136 cm³/mol. The summed E-state index contributed by atoms with van der Waals surface area (Å²) in [5.41, 5.74) is 2.34. The van der Waals surface area contributed by atoms with E-state index in [4.69, 9.17) is 14.2 Å². The highest BCUT2D eigenvalue weighted by molar-refractivity contribution is 9.10. The minimum absolute atomic E-state index is 0.0414. The highest BCUT2D eigenvalue weighted by Crippen LogP contribution is 2.46. The molecule has 0 aromatic heterocycles. The van der Waals surface area contributed by atoms with Gasteiger partial charge in [0.2, 0.25) is 0 Å². The van der Waals surface area contributed by atoms with Crippen LogP contribution < -0.4 is 19.1 Å². The molecule has 1 N–H and O–H groups in total. The quantitative estimate of drug-likeness (QED) is 0.257. The number of anilines is 1. The Morgan fingerprint density at radius 3 is 2.14 bits per heavy atom. The fourth-order valence-electron chi connectivity index (χ4n) is 4.07. The minimum atomic E-state index is -0.937. The van der Waals surface area contributed by atoms with Crippen LogP contribution in [0, 0.1) is 6.92 Å². The average molecular weight is 538 g/mol. The Kier molecular flexibility index (Phi) is 6.84. The lowest BCUT2D eigenvalue weighted by Crippen LogP contribution is -2.29. The van der Waals surface area contributed by atoms with Gasteiger partial charge in [-0.3, -0.25) is 14.5 Å². The maximum absolute atomic E-state index is 13.4. The molecule has 1 aliphatic heterocycles. The Balaban J connectivity index is 1.98. The van der Waals surface area contributed by atoms with Gasteiger partial charge in [-0.05, 0) is 61.0 Å². The lowest BCUT2D eigenvalue weighted by Gasteiger charge is -2.27. The van der Waals surface area contributed by atoms with Gasteiger partial charge >= 0.3 is 0 Å². The molecule has 1 heterocycles. The smallest absolute Gasteiger partial charge is 0.300 e. The molecule has 1 amide bonds. The van der Waals surface area contributed by atoms with E-state index in [0.29, 0.717) is 34.1 Å². The van der Waals surface area contributed by atoms with Crippen molar-refractivity contribution in [3.63, 3.8) is 0 Å². The van der Waals surface area contributed by atoms with E-state index in [9.17, 15) is 14.7 Å². The monoisotopic (exact) mass is 537 g/mol. The fourth-order valence-corrected chi connectivity index (χ4v) is 4.44. The second kappa shape index (κ2) is 9.84. The number of halogens is 1. The second-order valence-corrected chi connectivity index (χ2v) is 8.79. The third-order valence-electron chi connectivity index (χ3n) is 5.98. The van der Waals surface area contributed by atoms with Crippen LogP contribution in [0.5, 0.6) is 17.2 Å². The van der Waals surface area contributed by atoms with Crippen LogP contribution in [0.1, 0.15) is 22.7 Å². The summed E-state index contributed by atoms with van der Waals surface area (Å²) in [5.74, 6) is -0.275. The number of ether oxygens (including phenoxy) is 3. The van der Waals surface area contributed by atoms with E-state index < -0.39 is 17.7 Å². The number of aliphatic hydroxyl groups excluding tert-OH is 1. The molecule has 180 valence electrons. The first-order valence-electron chi connectivity index (χ1n) is 10.7. The maximum Gasteiger partial charge on any atom is 0.300 e. The number of nitrogens with zero attached hydrogens (tertiary/aromatic N) is 1. The van der Waals surface area contributed by atoms with Crippen molar-refractivity contribution in [1.82, 2.24) is 0 Å². The Morgan fingerprint density at radius 1 is 0.886 bits per heavy atom. The Bertz CT molecular complexity index is 1330. The van der Waals surface area contributed by atoms with Gasteiger partial charge in [0.05, 0.1) is 32.9 Å². The van der Waals surface area contributed by atoms with Crippen LogP contribution in [-0.4, -0.2) is 38.1 Å². The second-order valence-electron chi connectivity index (χ2n) is 7.94. The van der Waals surface area contributed by atoms with Crippen LogP contribution in [0.3, 0.4) is 0 Å². The summed E-state index contributed by atoms with van der Waals surface area (Å²) in [6.45, 7) is 1.93. The number of aliphatic hydroxyl groups is 1. The van der Waals surface area contributed by atoms with Gasteiger partial charge in [-0.15, -0.1) is 0 Å². The SMILES string of the molecule is COc1ccc(/C(O)=C2/C(=O)C(=O)N(c3ccc(C)c(Br)c3)C2c2ccc(OC)cc2OC)cc1. The number of methoxy groups -OCH3 is 3. The van der Waals surface area contributed by atoms with Crippen molar-refractivity contribution in [2.24, 2.45) is 0 Å². The van der Waals surface area contributed by atoms with Crippen LogP contribution in [0.15, 0.2) is 70.7 Å². The standard InChI is InChI=1S/C27H24BrNO6/c1-15-5-8-17(13-21(15)28)29-24(20-12-11-19(34-3)14-22(20)35-4)23(26(31)27(29)32)25(30)16-6-9-18(33-2)10-7-16/h5-14,24,30H,1-4H3/b25-23-. The van der Waals surface area contributed by atoms with Crippen molar-refractivity contribution in [2.45, 2.75) is 13.0 Å². The normalized spacial score (nSPS) is 16.9. The molecule has 0 spiro atoms. The zero-order valence-electron chi connectivity index (χ0n) is 19.7. The fraction of sp³-hybridized carbons (Fsp3) is 0.185. The topological polar surface area (TPSA) is 85.3 Å². The first kappa shape index (κ1) is 24.3. The molecule has 1 fully saturated rings. The van der Waals surface area contributed by atoms with E-state index in [-0.39, 0.29) is 11.3 Å². The summed E-state index contributed by atoms with van der Waals surface area (Å²) in [6.07, 6.45) is 0. The first-order valence-corrected chi connectivity index (χ1v) is 11.5. The van der Waals surface area contributed by atoms with Gasteiger partial charge in [0, 0.05) is 27.4 Å². The summed E-state index contributed by atoms with van der Waals surface area (Å²) >= 11 is 3.51. The third kappa shape index (κ3) is 4.37. The highest BCUT2D eigenvalue weighted by atomic mass is 79.9. The Morgan fingerprint density at radius 2 is 1.54 bits per heavy atom. The van der Waals surface area contributed by atoms with Crippen molar-refractivity contribution < 1.29 is 28.9 Å². The Hall–Kier alpha value is -3.78. The van der Waals surface area contributed by atoms with Gasteiger partial charge in [-0.2, -0.15) is 0 Å². The number of rotatable bonds is 6. The lowest BCUT2D eigenvalue weighted by atomic mass is 9.94. The van der Waals surface area contributed by atoms with E-state index in [0.717, 1.165) is 10.0 Å². The molecule has 3 aromatic carbocycles. The van der Waals surface area contributed by atoms with Crippen molar-refractivity contribution in [1.29, 1.82) is 0 Å². The van der Waals surface area contributed by atoms with Crippen molar-refractivity contribution in [3.05, 3.63) is 87.4 Å². The maximum atomic E-state index is 13.4. The van der Waals surface area contributed by atoms with Crippen molar-refractivity contribution in [3.8, 4) is 17.2 Å². The van der Waals surface area contributed by atoms with Crippen LogP contribution in [0.25, 0.3) is 5.76 Å². The highest BCUT2D eigenvalue weighted by Gasteiger charge is 2.48. The summed E-state index contributed by atoms with van der Waals surface area (Å²) in [6, 6.07) is 16.2.